The van der Waals surface area contributed by atoms with Crippen molar-refractivity contribution < 1.29 is 13.9 Å². The third-order valence-corrected chi connectivity index (χ3v) is 5.13. The van der Waals surface area contributed by atoms with Crippen molar-refractivity contribution in [2.75, 3.05) is 18.2 Å². The average Bonchev–Trinajstić information content (AvgIpc) is 3.18. The van der Waals surface area contributed by atoms with Gasteiger partial charge in [-0.1, -0.05) is 23.9 Å². The molecule has 0 spiro atoms. The molecule has 0 bridgehead atoms. The third kappa shape index (κ3) is 3.23. The fourth-order valence-electron chi connectivity index (χ4n) is 3.01. The number of hydrogen-bond donors (Lipinski definition) is 1. The smallest absolute Gasteiger partial charge is 0.234 e. The lowest BCUT2D eigenvalue weighted by molar-refractivity contribution is -0.113. The number of anilines is 1. The second kappa shape index (κ2) is 6.96. The Kier molecular flexibility index (Phi) is 4.49. The molecule has 4 aromatic rings. The van der Waals surface area contributed by atoms with Crippen LogP contribution in [0.25, 0.3) is 16.6 Å². The number of thioether (sulfide) groups is 1. The van der Waals surface area contributed by atoms with Crippen molar-refractivity contribution in [3.63, 3.8) is 0 Å². The number of amides is 1. The molecule has 27 heavy (non-hydrogen) atoms. The number of hydrogen-bond acceptors (Lipinski definition) is 6. The number of rotatable bonds is 5. The second-order valence-corrected chi connectivity index (χ2v) is 7.03. The molecule has 1 aromatic carbocycles. The standard InChI is InChI=1S/C19H18N4O3S/c1-11-8-14-17(26-11)9-15-19(22-21-12(2)23(14)15)27-10-18(24)20-13-6-4-5-7-16(13)25-3/h4-9H,10H2,1-3H3,(H,20,24). The van der Waals surface area contributed by atoms with E-state index in [2.05, 4.69) is 15.5 Å². The molecule has 1 amide bonds. The highest BCUT2D eigenvalue weighted by Crippen LogP contribution is 2.30. The van der Waals surface area contributed by atoms with E-state index in [1.54, 1.807) is 19.2 Å². The number of para-hydroxylation sites is 2. The Morgan fingerprint density at radius 2 is 2.04 bits per heavy atom. The topological polar surface area (TPSA) is 81.7 Å². The Balaban J connectivity index is 1.56. The zero-order chi connectivity index (χ0) is 19.0. The second-order valence-electron chi connectivity index (χ2n) is 6.06. The number of carbonyl (C=O) groups is 1. The molecule has 7 nitrogen and oxygen atoms in total. The quantitative estimate of drug-likeness (QED) is 0.528. The van der Waals surface area contributed by atoms with Crippen LogP contribution in [0.5, 0.6) is 5.75 Å². The minimum Gasteiger partial charge on any atom is -0.495 e. The molecular weight excluding hydrogens is 364 g/mol. The SMILES string of the molecule is COc1ccccc1NC(=O)CSc1nnc(C)n2c1cc1oc(C)cc12. The van der Waals surface area contributed by atoms with E-state index in [1.165, 1.54) is 11.8 Å². The molecule has 1 N–H and O–H groups in total. The molecule has 8 heteroatoms. The van der Waals surface area contributed by atoms with E-state index in [9.17, 15) is 4.79 Å². The van der Waals surface area contributed by atoms with Gasteiger partial charge in [-0.25, -0.2) is 0 Å². The van der Waals surface area contributed by atoms with E-state index in [1.807, 2.05) is 42.5 Å². The number of aryl methyl sites for hydroxylation is 2. The van der Waals surface area contributed by atoms with Gasteiger partial charge in [-0.2, -0.15) is 0 Å². The zero-order valence-corrected chi connectivity index (χ0v) is 16.0. The van der Waals surface area contributed by atoms with Crippen LogP contribution in [-0.2, 0) is 4.79 Å². The van der Waals surface area contributed by atoms with Crippen molar-refractivity contribution in [2.24, 2.45) is 0 Å². The van der Waals surface area contributed by atoms with Crippen molar-refractivity contribution in [1.29, 1.82) is 0 Å². The van der Waals surface area contributed by atoms with E-state index in [0.717, 1.165) is 28.2 Å². The molecule has 0 atom stereocenters. The molecule has 0 aliphatic rings. The van der Waals surface area contributed by atoms with Gasteiger partial charge in [-0.3, -0.25) is 9.20 Å². The maximum Gasteiger partial charge on any atom is 0.234 e. The van der Waals surface area contributed by atoms with Gasteiger partial charge in [-0.15, -0.1) is 10.2 Å². The molecule has 0 saturated carbocycles. The van der Waals surface area contributed by atoms with Gasteiger partial charge < -0.3 is 14.5 Å². The number of nitrogens with one attached hydrogen (secondary N) is 1. The molecular formula is C19H18N4O3S. The molecule has 0 fully saturated rings. The van der Waals surface area contributed by atoms with Crippen LogP contribution >= 0.6 is 11.8 Å². The first kappa shape index (κ1) is 17.4. The maximum absolute atomic E-state index is 12.4. The van der Waals surface area contributed by atoms with Crippen LogP contribution in [-0.4, -0.2) is 33.4 Å². The van der Waals surface area contributed by atoms with Crippen molar-refractivity contribution >= 4 is 40.0 Å². The third-order valence-electron chi connectivity index (χ3n) is 4.16. The van der Waals surface area contributed by atoms with Gasteiger partial charge in [-0.05, 0) is 26.0 Å². The van der Waals surface area contributed by atoms with Crippen molar-refractivity contribution in [3.8, 4) is 5.75 Å². The fraction of sp³-hybridized carbons (Fsp3) is 0.211. The molecule has 138 valence electrons. The average molecular weight is 382 g/mol. The number of methoxy groups -OCH3 is 1. The van der Waals surface area contributed by atoms with Gasteiger partial charge in [0.25, 0.3) is 0 Å². The van der Waals surface area contributed by atoms with Gasteiger partial charge in [0, 0.05) is 12.1 Å². The van der Waals surface area contributed by atoms with E-state index in [-0.39, 0.29) is 11.7 Å². The number of carbonyl (C=O) groups excluding carboxylic acids is 1. The summed E-state index contributed by atoms with van der Waals surface area (Å²) in [5, 5.41) is 12.0. The number of aromatic nitrogens is 3. The normalized spacial score (nSPS) is 11.2. The minimum atomic E-state index is -0.142. The summed E-state index contributed by atoms with van der Waals surface area (Å²) < 4.78 is 13.0. The lowest BCUT2D eigenvalue weighted by atomic mass is 10.3. The first-order valence-electron chi connectivity index (χ1n) is 8.37. The van der Waals surface area contributed by atoms with Gasteiger partial charge in [0.2, 0.25) is 5.91 Å². The molecule has 0 radical (unpaired) electrons. The van der Waals surface area contributed by atoms with Gasteiger partial charge >= 0.3 is 0 Å². The van der Waals surface area contributed by atoms with E-state index >= 15 is 0 Å². The van der Waals surface area contributed by atoms with Crippen LogP contribution in [0.1, 0.15) is 11.6 Å². The van der Waals surface area contributed by atoms with Crippen LogP contribution in [0.15, 0.2) is 45.8 Å². The Morgan fingerprint density at radius 1 is 1.22 bits per heavy atom. The highest BCUT2D eigenvalue weighted by Gasteiger charge is 2.16. The summed E-state index contributed by atoms with van der Waals surface area (Å²) in [5.74, 6) is 2.29. The Hall–Kier alpha value is -3.00. The molecule has 0 saturated heterocycles. The predicted octanol–water partition coefficient (Wildman–Crippen LogP) is 3.83. The number of benzene rings is 1. The first-order chi connectivity index (χ1) is 13.1. The van der Waals surface area contributed by atoms with Crippen LogP contribution in [0.4, 0.5) is 5.69 Å². The lowest BCUT2D eigenvalue weighted by Gasteiger charge is -2.10. The summed E-state index contributed by atoms with van der Waals surface area (Å²) in [5.41, 5.74) is 3.26. The van der Waals surface area contributed by atoms with Crippen LogP contribution in [0.2, 0.25) is 0 Å². The van der Waals surface area contributed by atoms with Gasteiger partial charge in [0.05, 0.1) is 29.6 Å². The minimum absolute atomic E-state index is 0.142. The van der Waals surface area contributed by atoms with E-state index in [4.69, 9.17) is 9.15 Å². The van der Waals surface area contributed by atoms with Gasteiger partial charge in [0.15, 0.2) is 5.58 Å². The van der Waals surface area contributed by atoms with Crippen LogP contribution in [0, 0.1) is 13.8 Å². The molecule has 4 rings (SSSR count). The van der Waals surface area contributed by atoms with Crippen molar-refractivity contribution in [1.82, 2.24) is 14.6 Å². The maximum atomic E-state index is 12.4. The molecule has 0 unspecified atom stereocenters. The Labute approximate surface area is 159 Å². The van der Waals surface area contributed by atoms with Gasteiger partial charge in [0.1, 0.15) is 22.4 Å². The Morgan fingerprint density at radius 3 is 2.85 bits per heavy atom. The monoisotopic (exact) mass is 382 g/mol. The van der Waals surface area contributed by atoms with E-state index in [0.29, 0.717) is 16.5 Å². The number of nitrogens with zero attached hydrogens (tertiary/aromatic N) is 3. The zero-order valence-electron chi connectivity index (χ0n) is 15.1. The largest absolute Gasteiger partial charge is 0.495 e. The first-order valence-corrected chi connectivity index (χ1v) is 9.36. The number of furan rings is 1. The van der Waals surface area contributed by atoms with Crippen molar-refractivity contribution in [3.05, 3.63) is 48.0 Å². The highest BCUT2D eigenvalue weighted by molar-refractivity contribution is 8.00. The van der Waals surface area contributed by atoms with E-state index < -0.39 is 0 Å². The predicted molar refractivity (Wildman–Crippen MR) is 105 cm³/mol. The summed E-state index contributed by atoms with van der Waals surface area (Å²) in [7, 11) is 1.57. The summed E-state index contributed by atoms with van der Waals surface area (Å²) in [6, 6.07) is 11.2. The molecule has 0 aliphatic carbocycles. The number of ether oxygens (including phenoxy) is 1. The van der Waals surface area contributed by atoms with Crippen LogP contribution < -0.4 is 10.1 Å². The summed E-state index contributed by atoms with van der Waals surface area (Å²) in [4.78, 5) is 12.4. The molecule has 0 aliphatic heterocycles. The Bertz CT molecular complexity index is 1150. The fourth-order valence-corrected chi connectivity index (χ4v) is 3.74. The molecule has 3 heterocycles. The summed E-state index contributed by atoms with van der Waals surface area (Å²) >= 11 is 1.33. The van der Waals surface area contributed by atoms with Crippen LogP contribution in [0.3, 0.4) is 0 Å². The van der Waals surface area contributed by atoms with Crippen molar-refractivity contribution in [2.45, 2.75) is 18.9 Å². The summed E-state index contributed by atoms with van der Waals surface area (Å²) in [6.07, 6.45) is 0. The number of fused-ring (bicyclic) bond motifs is 3. The highest BCUT2D eigenvalue weighted by atomic mass is 32.2. The summed E-state index contributed by atoms with van der Waals surface area (Å²) in [6.45, 7) is 3.80. The molecule has 3 aromatic heterocycles. The lowest BCUT2D eigenvalue weighted by Crippen LogP contribution is -2.15.